The summed E-state index contributed by atoms with van der Waals surface area (Å²) in [5.74, 6) is 3.51. The van der Waals surface area contributed by atoms with E-state index in [1.54, 1.807) is 0 Å². The number of aromatic hydroxyl groups is 1. The largest absolute Gasteiger partial charge is 0.507 e. The number of fused-ring (bicyclic) bond motifs is 1. The van der Waals surface area contributed by atoms with Crippen LogP contribution in [0.15, 0.2) is 10.2 Å². The summed E-state index contributed by atoms with van der Waals surface area (Å²) in [6.45, 7) is 7.98. The summed E-state index contributed by atoms with van der Waals surface area (Å²) < 4.78 is 6.20. The SMILES string of the molecule is C#CCCC1(CCNC(=O)[C@@]2(C)CCc3c(C)c(O)c(C)c(C)c3O2)N=N1. The van der Waals surface area contributed by atoms with Gasteiger partial charge in [0, 0.05) is 37.8 Å². The van der Waals surface area contributed by atoms with Gasteiger partial charge >= 0.3 is 0 Å². The Morgan fingerprint density at radius 2 is 1.96 bits per heavy atom. The molecule has 1 aromatic carbocycles. The first kappa shape index (κ1) is 19.2. The zero-order valence-corrected chi connectivity index (χ0v) is 16.5. The van der Waals surface area contributed by atoms with Gasteiger partial charge in [-0.05, 0) is 50.8 Å². The fraction of sp³-hybridized carbons (Fsp3) is 0.571. The van der Waals surface area contributed by atoms with Gasteiger partial charge in [-0.3, -0.25) is 4.79 Å². The van der Waals surface area contributed by atoms with Crippen molar-refractivity contribution in [2.45, 2.75) is 71.1 Å². The first-order valence-corrected chi connectivity index (χ1v) is 9.39. The third kappa shape index (κ3) is 3.51. The maximum absolute atomic E-state index is 12.8. The highest BCUT2D eigenvalue weighted by Gasteiger charge is 2.42. The average Bonchev–Trinajstić information content (AvgIpc) is 3.43. The molecule has 0 saturated heterocycles. The van der Waals surface area contributed by atoms with Gasteiger partial charge in [0.1, 0.15) is 11.5 Å². The lowest BCUT2D eigenvalue weighted by Crippen LogP contribution is -2.51. The number of amides is 1. The molecule has 0 spiro atoms. The molecule has 1 aromatic rings. The molecule has 0 saturated carbocycles. The molecule has 3 rings (SSSR count). The second-order valence-electron chi connectivity index (χ2n) is 7.76. The van der Waals surface area contributed by atoms with Crippen LogP contribution in [-0.4, -0.2) is 28.8 Å². The van der Waals surface area contributed by atoms with Crippen molar-refractivity contribution in [1.29, 1.82) is 0 Å². The van der Waals surface area contributed by atoms with Crippen molar-refractivity contribution >= 4 is 5.91 Å². The number of hydrogen-bond acceptors (Lipinski definition) is 5. The molecule has 2 aliphatic rings. The number of terminal acetylenes is 1. The zero-order chi connectivity index (χ0) is 19.8. The number of ether oxygens (including phenoxy) is 1. The molecule has 27 heavy (non-hydrogen) atoms. The Morgan fingerprint density at radius 3 is 2.59 bits per heavy atom. The second-order valence-corrected chi connectivity index (χ2v) is 7.76. The van der Waals surface area contributed by atoms with E-state index in [1.165, 1.54) is 0 Å². The molecule has 6 heteroatoms. The first-order valence-electron chi connectivity index (χ1n) is 9.39. The van der Waals surface area contributed by atoms with E-state index in [9.17, 15) is 9.90 Å². The smallest absolute Gasteiger partial charge is 0.263 e. The molecule has 144 valence electrons. The van der Waals surface area contributed by atoms with Gasteiger partial charge in [0.25, 0.3) is 5.91 Å². The summed E-state index contributed by atoms with van der Waals surface area (Å²) in [6, 6.07) is 0. The normalized spacial score (nSPS) is 21.7. The van der Waals surface area contributed by atoms with E-state index in [0.717, 1.165) is 34.4 Å². The minimum Gasteiger partial charge on any atom is -0.507 e. The van der Waals surface area contributed by atoms with Gasteiger partial charge in [-0.2, -0.15) is 10.2 Å². The van der Waals surface area contributed by atoms with E-state index >= 15 is 0 Å². The lowest BCUT2D eigenvalue weighted by molar-refractivity contribution is -0.136. The maximum Gasteiger partial charge on any atom is 0.263 e. The lowest BCUT2D eigenvalue weighted by Gasteiger charge is -2.36. The molecule has 0 radical (unpaired) electrons. The average molecular weight is 369 g/mol. The van der Waals surface area contributed by atoms with Crippen LogP contribution in [0.2, 0.25) is 0 Å². The summed E-state index contributed by atoms with van der Waals surface area (Å²) >= 11 is 0. The van der Waals surface area contributed by atoms with Crippen LogP contribution in [0.5, 0.6) is 11.5 Å². The predicted octanol–water partition coefficient (Wildman–Crippen LogP) is 3.48. The van der Waals surface area contributed by atoms with Crippen LogP contribution in [0.25, 0.3) is 0 Å². The predicted molar refractivity (Wildman–Crippen MR) is 103 cm³/mol. The van der Waals surface area contributed by atoms with Crippen LogP contribution in [-0.2, 0) is 11.2 Å². The van der Waals surface area contributed by atoms with Crippen LogP contribution >= 0.6 is 0 Å². The van der Waals surface area contributed by atoms with Gasteiger partial charge in [0.2, 0.25) is 0 Å². The van der Waals surface area contributed by atoms with Crippen LogP contribution in [0.1, 0.15) is 54.9 Å². The number of rotatable bonds is 6. The summed E-state index contributed by atoms with van der Waals surface area (Å²) in [5, 5.41) is 21.4. The first-order chi connectivity index (χ1) is 12.7. The van der Waals surface area contributed by atoms with Crippen molar-refractivity contribution in [3.63, 3.8) is 0 Å². The van der Waals surface area contributed by atoms with Gasteiger partial charge in [0.15, 0.2) is 11.3 Å². The second kappa shape index (κ2) is 6.88. The van der Waals surface area contributed by atoms with Crippen LogP contribution in [0.3, 0.4) is 0 Å². The molecule has 0 fully saturated rings. The molecule has 0 aliphatic carbocycles. The summed E-state index contributed by atoms with van der Waals surface area (Å²) in [6.07, 6.45) is 8.56. The molecule has 2 aliphatic heterocycles. The number of nitrogens with one attached hydrogen (secondary N) is 1. The third-order valence-electron chi connectivity index (χ3n) is 5.86. The Hall–Kier alpha value is -2.55. The van der Waals surface area contributed by atoms with Crippen LogP contribution < -0.4 is 10.1 Å². The number of phenols is 1. The minimum atomic E-state index is -0.933. The summed E-state index contributed by atoms with van der Waals surface area (Å²) in [4.78, 5) is 12.8. The molecule has 0 aromatic heterocycles. The highest BCUT2D eigenvalue weighted by atomic mass is 16.5. The fourth-order valence-electron chi connectivity index (χ4n) is 3.64. The molecule has 1 atom stereocenters. The molecule has 0 bridgehead atoms. The Kier molecular flexibility index (Phi) is 4.90. The molecule has 2 heterocycles. The third-order valence-corrected chi connectivity index (χ3v) is 5.86. The van der Waals surface area contributed by atoms with Crippen LogP contribution in [0.4, 0.5) is 0 Å². The number of carbonyl (C=O) groups excluding carboxylic acids is 1. The number of hydrogen-bond donors (Lipinski definition) is 2. The molecule has 6 nitrogen and oxygen atoms in total. The quantitative estimate of drug-likeness (QED) is 0.753. The highest BCUT2D eigenvalue weighted by molar-refractivity contribution is 5.85. The van der Waals surface area contributed by atoms with Crippen molar-refractivity contribution in [2.75, 3.05) is 6.54 Å². The van der Waals surface area contributed by atoms with Crippen molar-refractivity contribution in [1.82, 2.24) is 5.32 Å². The maximum atomic E-state index is 12.8. The number of phenolic OH excluding ortho intramolecular Hbond substituents is 1. The molecule has 2 N–H and O–H groups in total. The molecule has 0 unspecified atom stereocenters. The van der Waals surface area contributed by atoms with E-state index in [-0.39, 0.29) is 5.91 Å². The zero-order valence-electron chi connectivity index (χ0n) is 16.5. The van der Waals surface area contributed by atoms with Crippen molar-refractivity contribution in [2.24, 2.45) is 10.2 Å². The van der Waals surface area contributed by atoms with Gasteiger partial charge in [-0.1, -0.05) is 0 Å². The van der Waals surface area contributed by atoms with E-state index < -0.39 is 11.3 Å². The van der Waals surface area contributed by atoms with Crippen molar-refractivity contribution in [3.8, 4) is 23.8 Å². The molecule has 1 amide bonds. The number of carbonyl (C=O) groups is 1. The standard InChI is InChI=1S/C21H27N3O3/c1-6-7-9-21(23-24-21)11-12-22-19(26)20(5)10-8-16-15(4)17(25)13(2)14(3)18(16)27-20/h1,25H,7-12H2,2-5H3,(H,22,26)/t20-/m1/s1. The van der Waals surface area contributed by atoms with E-state index in [1.807, 2.05) is 27.7 Å². The summed E-state index contributed by atoms with van der Waals surface area (Å²) in [7, 11) is 0. The Bertz CT molecular complexity index is 847. The van der Waals surface area contributed by atoms with Gasteiger partial charge in [0.05, 0.1) is 0 Å². The molecular formula is C21H27N3O3. The van der Waals surface area contributed by atoms with Gasteiger partial charge < -0.3 is 15.2 Å². The van der Waals surface area contributed by atoms with E-state index in [0.29, 0.717) is 38.0 Å². The van der Waals surface area contributed by atoms with Crippen molar-refractivity contribution < 1.29 is 14.6 Å². The van der Waals surface area contributed by atoms with Crippen LogP contribution in [0, 0.1) is 33.1 Å². The van der Waals surface area contributed by atoms with Crippen molar-refractivity contribution in [3.05, 3.63) is 22.3 Å². The van der Waals surface area contributed by atoms with Gasteiger partial charge in [-0.15, -0.1) is 12.3 Å². The van der Waals surface area contributed by atoms with E-state index in [4.69, 9.17) is 11.2 Å². The minimum absolute atomic E-state index is 0.135. The highest BCUT2D eigenvalue weighted by Crippen LogP contribution is 2.43. The fourth-order valence-corrected chi connectivity index (χ4v) is 3.64. The number of nitrogens with zero attached hydrogens (tertiary/aromatic N) is 2. The van der Waals surface area contributed by atoms with Gasteiger partial charge in [-0.25, -0.2) is 0 Å². The number of benzene rings is 1. The van der Waals surface area contributed by atoms with E-state index in [2.05, 4.69) is 21.5 Å². The topological polar surface area (TPSA) is 83.3 Å². The lowest BCUT2D eigenvalue weighted by atomic mass is 9.86. The monoisotopic (exact) mass is 369 g/mol. The Balaban J connectivity index is 1.66. The summed E-state index contributed by atoms with van der Waals surface area (Å²) in [5.41, 5.74) is 2.17. The Labute approximate surface area is 160 Å². The Morgan fingerprint density at radius 1 is 1.26 bits per heavy atom. The molecular weight excluding hydrogens is 342 g/mol.